The van der Waals surface area contributed by atoms with Crippen molar-refractivity contribution in [3.8, 4) is 0 Å². The molecule has 0 heterocycles. The number of rotatable bonds is 7. The second-order valence-electron chi connectivity index (χ2n) is 7.64. The summed E-state index contributed by atoms with van der Waals surface area (Å²) in [6.45, 7) is 4.33. The standard InChI is InChI=1S/C26H31NO2/c1-3-29-25(28)26(21(2)13-12-16-22-14-6-4-7-15-22)20-11-10-19-24(26)27-23-17-8-5-9-18-23/h4-9,13-15,17-18H,3,10-12,16,19-20H2,1-2H3/b21-13+,27-24?. The minimum absolute atomic E-state index is 0.150. The first kappa shape index (κ1) is 21.0. The van der Waals surface area contributed by atoms with Crippen LogP contribution in [0.25, 0.3) is 0 Å². The Labute approximate surface area is 174 Å². The zero-order valence-corrected chi connectivity index (χ0v) is 17.6. The first-order chi connectivity index (χ1) is 14.2. The van der Waals surface area contributed by atoms with Crippen molar-refractivity contribution < 1.29 is 9.53 Å². The summed E-state index contributed by atoms with van der Waals surface area (Å²) in [6, 6.07) is 20.4. The number of aryl methyl sites for hydroxylation is 1. The monoisotopic (exact) mass is 389 g/mol. The van der Waals surface area contributed by atoms with Crippen molar-refractivity contribution in [2.75, 3.05) is 6.61 Å². The van der Waals surface area contributed by atoms with E-state index in [9.17, 15) is 4.79 Å². The fourth-order valence-electron chi connectivity index (χ4n) is 4.18. The Morgan fingerprint density at radius 3 is 2.45 bits per heavy atom. The van der Waals surface area contributed by atoms with Crippen molar-refractivity contribution in [2.24, 2.45) is 10.4 Å². The highest BCUT2D eigenvalue weighted by molar-refractivity contribution is 6.11. The predicted octanol–water partition coefficient (Wildman–Crippen LogP) is 6.46. The first-order valence-electron chi connectivity index (χ1n) is 10.7. The molecule has 1 saturated carbocycles. The van der Waals surface area contributed by atoms with E-state index in [1.165, 1.54) is 5.56 Å². The van der Waals surface area contributed by atoms with Crippen molar-refractivity contribution >= 4 is 17.4 Å². The van der Waals surface area contributed by atoms with Crippen LogP contribution >= 0.6 is 0 Å². The molecule has 0 spiro atoms. The summed E-state index contributed by atoms with van der Waals surface area (Å²) in [5.74, 6) is -0.150. The topological polar surface area (TPSA) is 38.7 Å². The van der Waals surface area contributed by atoms with E-state index in [0.29, 0.717) is 6.61 Å². The van der Waals surface area contributed by atoms with Crippen molar-refractivity contribution in [1.82, 2.24) is 0 Å². The van der Waals surface area contributed by atoms with Gasteiger partial charge in [-0.25, -0.2) is 0 Å². The molecule has 3 nitrogen and oxygen atoms in total. The maximum absolute atomic E-state index is 13.3. The van der Waals surface area contributed by atoms with Crippen LogP contribution in [0.2, 0.25) is 0 Å². The molecule has 3 heteroatoms. The quantitative estimate of drug-likeness (QED) is 0.402. The molecule has 0 aliphatic heterocycles. The average molecular weight is 390 g/mol. The number of carbonyl (C=O) groups is 1. The van der Waals surface area contributed by atoms with Crippen LogP contribution < -0.4 is 0 Å². The van der Waals surface area contributed by atoms with Crippen LogP contribution in [0.5, 0.6) is 0 Å². The molecule has 152 valence electrons. The molecule has 0 saturated heterocycles. The van der Waals surface area contributed by atoms with Crippen LogP contribution in [0, 0.1) is 5.41 Å². The predicted molar refractivity (Wildman–Crippen MR) is 120 cm³/mol. The second-order valence-corrected chi connectivity index (χ2v) is 7.64. The number of aliphatic imine (C=N–C) groups is 1. The molecular weight excluding hydrogens is 358 g/mol. The first-order valence-corrected chi connectivity index (χ1v) is 10.7. The molecular formula is C26H31NO2. The maximum Gasteiger partial charge on any atom is 0.321 e. The lowest BCUT2D eigenvalue weighted by atomic mass is 9.67. The van der Waals surface area contributed by atoms with Crippen LogP contribution in [0.3, 0.4) is 0 Å². The van der Waals surface area contributed by atoms with E-state index in [1.807, 2.05) is 43.3 Å². The summed E-state index contributed by atoms with van der Waals surface area (Å²) in [6.07, 6.45) is 7.75. The molecule has 1 aliphatic rings. The van der Waals surface area contributed by atoms with Gasteiger partial charge in [-0.1, -0.05) is 66.6 Å². The van der Waals surface area contributed by atoms with Gasteiger partial charge >= 0.3 is 5.97 Å². The fourth-order valence-corrected chi connectivity index (χ4v) is 4.18. The van der Waals surface area contributed by atoms with E-state index in [4.69, 9.17) is 9.73 Å². The Morgan fingerprint density at radius 1 is 1.07 bits per heavy atom. The van der Waals surface area contributed by atoms with Crippen LogP contribution in [-0.4, -0.2) is 18.3 Å². The Bertz CT molecular complexity index is 855. The highest BCUT2D eigenvalue weighted by Crippen LogP contribution is 2.43. The van der Waals surface area contributed by atoms with E-state index in [2.05, 4.69) is 37.3 Å². The van der Waals surface area contributed by atoms with Gasteiger partial charge in [0.25, 0.3) is 0 Å². The summed E-state index contributed by atoms with van der Waals surface area (Å²) in [7, 11) is 0. The van der Waals surface area contributed by atoms with Crippen molar-refractivity contribution in [3.05, 3.63) is 77.9 Å². The molecule has 2 aromatic carbocycles. The average Bonchev–Trinajstić information content (AvgIpc) is 2.76. The molecule has 1 fully saturated rings. The van der Waals surface area contributed by atoms with Crippen molar-refractivity contribution in [2.45, 2.75) is 52.4 Å². The maximum atomic E-state index is 13.3. The van der Waals surface area contributed by atoms with E-state index < -0.39 is 5.41 Å². The van der Waals surface area contributed by atoms with E-state index in [0.717, 1.165) is 55.5 Å². The number of esters is 1. The fraction of sp³-hybridized carbons (Fsp3) is 0.385. The van der Waals surface area contributed by atoms with Gasteiger partial charge in [0.1, 0.15) is 5.41 Å². The Balaban J connectivity index is 1.93. The summed E-state index contributed by atoms with van der Waals surface area (Å²) in [4.78, 5) is 18.2. The van der Waals surface area contributed by atoms with Gasteiger partial charge in [0.05, 0.1) is 12.3 Å². The van der Waals surface area contributed by atoms with Crippen LogP contribution in [0.4, 0.5) is 5.69 Å². The normalized spacial score (nSPS) is 21.2. The molecule has 0 aromatic heterocycles. The lowest BCUT2D eigenvalue weighted by Gasteiger charge is -2.37. The molecule has 0 radical (unpaired) electrons. The largest absolute Gasteiger partial charge is 0.465 e. The number of ether oxygens (including phenoxy) is 1. The molecule has 0 bridgehead atoms. The Kier molecular flexibility index (Phi) is 7.40. The van der Waals surface area contributed by atoms with E-state index in [-0.39, 0.29) is 5.97 Å². The van der Waals surface area contributed by atoms with E-state index in [1.54, 1.807) is 0 Å². The molecule has 3 rings (SSSR count). The molecule has 29 heavy (non-hydrogen) atoms. The minimum Gasteiger partial charge on any atom is -0.465 e. The molecule has 1 atom stereocenters. The SMILES string of the molecule is CCOC(=O)C1(/C(C)=C/CCc2ccccc2)CCCCC1=Nc1ccccc1. The van der Waals surface area contributed by atoms with Crippen LogP contribution in [-0.2, 0) is 16.0 Å². The van der Waals surface area contributed by atoms with Gasteiger partial charge in [0.2, 0.25) is 0 Å². The molecule has 1 aliphatic carbocycles. The number of nitrogens with zero attached hydrogens (tertiary/aromatic N) is 1. The number of para-hydroxylation sites is 1. The zero-order chi connectivity index (χ0) is 20.5. The van der Waals surface area contributed by atoms with Gasteiger partial charge in [0, 0.05) is 5.71 Å². The zero-order valence-electron chi connectivity index (χ0n) is 17.6. The molecule has 2 aromatic rings. The van der Waals surface area contributed by atoms with Crippen molar-refractivity contribution in [3.63, 3.8) is 0 Å². The Morgan fingerprint density at radius 2 is 1.76 bits per heavy atom. The van der Waals surface area contributed by atoms with Crippen LogP contribution in [0.1, 0.15) is 51.5 Å². The van der Waals surface area contributed by atoms with Crippen molar-refractivity contribution in [1.29, 1.82) is 0 Å². The molecule has 1 unspecified atom stereocenters. The number of hydrogen-bond donors (Lipinski definition) is 0. The number of hydrogen-bond acceptors (Lipinski definition) is 3. The lowest BCUT2D eigenvalue weighted by Crippen LogP contribution is -2.44. The van der Waals surface area contributed by atoms with Gasteiger partial charge in [-0.3, -0.25) is 9.79 Å². The number of allylic oxidation sites excluding steroid dienone is 1. The highest BCUT2D eigenvalue weighted by Gasteiger charge is 2.47. The van der Waals surface area contributed by atoms with Gasteiger partial charge in [-0.05, 0) is 63.6 Å². The number of benzene rings is 2. The third-order valence-corrected chi connectivity index (χ3v) is 5.75. The summed E-state index contributed by atoms with van der Waals surface area (Å²) in [5.41, 5.74) is 3.49. The second kappa shape index (κ2) is 10.2. The van der Waals surface area contributed by atoms with Crippen LogP contribution in [0.15, 0.2) is 77.3 Å². The smallest absolute Gasteiger partial charge is 0.321 e. The van der Waals surface area contributed by atoms with Gasteiger partial charge in [-0.15, -0.1) is 0 Å². The lowest BCUT2D eigenvalue weighted by molar-refractivity contribution is -0.150. The van der Waals surface area contributed by atoms with Gasteiger partial charge in [0.15, 0.2) is 0 Å². The van der Waals surface area contributed by atoms with E-state index >= 15 is 0 Å². The molecule has 0 amide bonds. The number of carbonyl (C=O) groups excluding carboxylic acids is 1. The third-order valence-electron chi connectivity index (χ3n) is 5.75. The Hall–Kier alpha value is -2.68. The third kappa shape index (κ3) is 5.03. The molecule has 0 N–H and O–H groups in total. The summed E-state index contributed by atoms with van der Waals surface area (Å²) >= 11 is 0. The minimum atomic E-state index is -0.735. The highest BCUT2D eigenvalue weighted by atomic mass is 16.5. The van der Waals surface area contributed by atoms with Gasteiger partial charge < -0.3 is 4.74 Å². The summed E-state index contributed by atoms with van der Waals surface area (Å²) < 4.78 is 5.58. The van der Waals surface area contributed by atoms with Gasteiger partial charge in [-0.2, -0.15) is 0 Å². The summed E-state index contributed by atoms with van der Waals surface area (Å²) in [5, 5.41) is 0.